The highest BCUT2D eigenvalue weighted by atomic mass is 16.5. The van der Waals surface area contributed by atoms with E-state index in [1.165, 1.54) is 0 Å². The lowest BCUT2D eigenvalue weighted by molar-refractivity contribution is -0.114. The van der Waals surface area contributed by atoms with Gasteiger partial charge in [0.2, 0.25) is 5.91 Å². The molecular weight excluding hydrogens is 432 g/mol. The summed E-state index contributed by atoms with van der Waals surface area (Å²) >= 11 is 0. The van der Waals surface area contributed by atoms with Gasteiger partial charge in [0.15, 0.2) is 0 Å². The van der Waals surface area contributed by atoms with Crippen molar-refractivity contribution in [3.8, 4) is 0 Å². The van der Waals surface area contributed by atoms with Crippen molar-refractivity contribution in [3.63, 3.8) is 0 Å². The van der Waals surface area contributed by atoms with Gasteiger partial charge >= 0.3 is 0 Å². The maximum atomic E-state index is 12.7. The van der Waals surface area contributed by atoms with Crippen molar-refractivity contribution in [2.24, 2.45) is 0 Å². The summed E-state index contributed by atoms with van der Waals surface area (Å²) in [5, 5.41) is 8.57. The van der Waals surface area contributed by atoms with Gasteiger partial charge in [-0.15, -0.1) is 0 Å². The Balaban J connectivity index is 1.48. The molecule has 0 fully saturated rings. The van der Waals surface area contributed by atoms with Gasteiger partial charge in [0, 0.05) is 48.9 Å². The third-order valence-corrected chi connectivity index (χ3v) is 5.06. The quantitative estimate of drug-likeness (QED) is 0.403. The standard InChI is InChI=1S/C26H28N4O4/c1-30(23-6-4-3-5-7-23)26(33)20-10-14-22(15-11-20)29-24(31)18-28-21-12-8-19(9-13-21)25(32)27-16-17-34-2/h3-15,28H,16-18H2,1-2H3,(H,27,32)(H,29,31). The molecule has 0 atom stereocenters. The van der Waals surface area contributed by atoms with Crippen LogP contribution in [-0.4, -0.2) is 51.6 Å². The second-order valence-electron chi connectivity index (χ2n) is 7.50. The van der Waals surface area contributed by atoms with Gasteiger partial charge in [-0.2, -0.15) is 0 Å². The van der Waals surface area contributed by atoms with Gasteiger partial charge < -0.3 is 25.6 Å². The van der Waals surface area contributed by atoms with Gasteiger partial charge in [0.05, 0.1) is 13.2 Å². The number of carbonyl (C=O) groups is 3. The Kier molecular flexibility index (Phi) is 8.76. The van der Waals surface area contributed by atoms with E-state index in [1.54, 1.807) is 67.6 Å². The molecule has 0 aromatic heterocycles. The summed E-state index contributed by atoms with van der Waals surface area (Å²) in [6.45, 7) is 0.940. The number of nitrogens with one attached hydrogen (secondary N) is 3. The molecule has 3 aromatic rings. The second-order valence-corrected chi connectivity index (χ2v) is 7.50. The molecular formula is C26H28N4O4. The van der Waals surface area contributed by atoms with Gasteiger partial charge in [0.1, 0.15) is 0 Å². The summed E-state index contributed by atoms with van der Waals surface area (Å²) < 4.78 is 4.91. The average Bonchev–Trinajstić information content (AvgIpc) is 2.88. The van der Waals surface area contributed by atoms with Crippen LogP contribution in [0.1, 0.15) is 20.7 Å². The van der Waals surface area contributed by atoms with Crippen LogP contribution in [0.5, 0.6) is 0 Å². The zero-order chi connectivity index (χ0) is 24.3. The molecule has 0 heterocycles. The molecule has 176 valence electrons. The molecule has 0 aliphatic heterocycles. The number of methoxy groups -OCH3 is 1. The SMILES string of the molecule is COCCNC(=O)c1ccc(NCC(=O)Nc2ccc(C(=O)N(C)c3ccccc3)cc2)cc1. The van der Waals surface area contributed by atoms with E-state index in [0.717, 1.165) is 5.69 Å². The van der Waals surface area contributed by atoms with Crippen molar-refractivity contribution in [2.75, 3.05) is 49.4 Å². The first-order chi connectivity index (χ1) is 16.5. The van der Waals surface area contributed by atoms with Gasteiger partial charge in [-0.05, 0) is 60.7 Å². The van der Waals surface area contributed by atoms with Crippen LogP contribution in [0.15, 0.2) is 78.9 Å². The summed E-state index contributed by atoms with van der Waals surface area (Å²) in [6.07, 6.45) is 0. The number of carbonyl (C=O) groups excluding carboxylic acids is 3. The van der Waals surface area contributed by atoms with Gasteiger partial charge in [-0.1, -0.05) is 18.2 Å². The molecule has 0 radical (unpaired) electrons. The number of rotatable bonds is 10. The molecule has 0 saturated heterocycles. The number of nitrogens with zero attached hydrogens (tertiary/aromatic N) is 1. The molecule has 0 aliphatic carbocycles. The fourth-order valence-electron chi connectivity index (χ4n) is 3.15. The molecule has 0 saturated carbocycles. The van der Waals surface area contributed by atoms with Gasteiger partial charge in [-0.3, -0.25) is 14.4 Å². The van der Waals surface area contributed by atoms with Crippen LogP contribution < -0.4 is 20.9 Å². The Labute approximate surface area is 198 Å². The maximum Gasteiger partial charge on any atom is 0.258 e. The lowest BCUT2D eigenvalue weighted by atomic mass is 10.1. The minimum absolute atomic E-state index is 0.0524. The number of anilines is 3. The van der Waals surface area contributed by atoms with Gasteiger partial charge in [-0.25, -0.2) is 0 Å². The smallest absolute Gasteiger partial charge is 0.258 e. The average molecular weight is 461 g/mol. The third kappa shape index (κ3) is 6.91. The molecule has 0 unspecified atom stereocenters. The third-order valence-electron chi connectivity index (χ3n) is 5.06. The molecule has 3 rings (SSSR count). The molecule has 3 N–H and O–H groups in total. The maximum absolute atomic E-state index is 12.7. The summed E-state index contributed by atoms with van der Waals surface area (Å²) in [4.78, 5) is 38.5. The number of benzene rings is 3. The van der Waals surface area contributed by atoms with E-state index in [9.17, 15) is 14.4 Å². The highest BCUT2D eigenvalue weighted by Gasteiger charge is 2.13. The van der Waals surface area contributed by atoms with Crippen LogP contribution in [0, 0.1) is 0 Å². The predicted molar refractivity (Wildman–Crippen MR) is 133 cm³/mol. The van der Waals surface area contributed by atoms with Crippen molar-refractivity contribution < 1.29 is 19.1 Å². The monoisotopic (exact) mass is 460 g/mol. The van der Waals surface area contributed by atoms with Crippen LogP contribution in [0.2, 0.25) is 0 Å². The molecule has 0 spiro atoms. The first-order valence-corrected chi connectivity index (χ1v) is 10.8. The molecule has 0 bridgehead atoms. The molecule has 8 heteroatoms. The van der Waals surface area contributed by atoms with Gasteiger partial charge in [0.25, 0.3) is 11.8 Å². The predicted octanol–water partition coefficient (Wildman–Crippen LogP) is 3.39. The Morgan fingerprint density at radius 3 is 2.09 bits per heavy atom. The minimum atomic E-state index is -0.234. The Bertz CT molecular complexity index is 1100. The van der Waals surface area contributed by atoms with Crippen molar-refractivity contribution in [3.05, 3.63) is 90.0 Å². The first-order valence-electron chi connectivity index (χ1n) is 10.8. The Morgan fingerprint density at radius 1 is 0.824 bits per heavy atom. The number of ether oxygens (including phenoxy) is 1. The molecule has 3 aromatic carbocycles. The largest absolute Gasteiger partial charge is 0.383 e. The van der Waals surface area contributed by atoms with E-state index in [0.29, 0.717) is 35.7 Å². The summed E-state index contributed by atoms with van der Waals surface area (Å²) in [7, 11) is 3.30. The normalized spacial score (nSPS) is 10.3. The molecule has 8 nitrogen and oxygen atoms in total. The van der Waals surface area contributed by atoms with Crippen molar-refractivity contribution in [2.45, 2.75) is 0 Å². The van der Waals surface area contributed by atoms with Crippen LogP contribution in [0.25, 0.3) is 0 Å². The van der Waals surface area contributed by atoms with Crippen LogP contribution in [0.4, 0.5) is 17.1 Å². The lowest BCUT2D eigenvalue weighted by Crippen LogP contribution is -2.27. The number of hydrogen-bond acceptors (Lipinski definition) is 5. The number of para-hydroxylation sites is 1. The van der Waals surface area contributed by atoms with Crippen molar-refractivity contribution in [1.82, 2.24) is 5.32 Å². The highest BCUT2D eigenvalue weighted by molar-refractivity contribution is 6.06. The lowest BCUT2D eigenvalue weighted by Gasteiger charge is -2.17. The van der Waals surface area contributed by atoms with E-state index >= 15 is 0 Å². The van der Waals surface area contributed by atoms with Crippen LogP contribution >= 0.6 is 0 Å². The minimum Gasteiger partial charge on any atom is -0.383 e. The Hall–Kier alpha value is -4.17. The van der Waals surface area contributed by atoms with Crippen molar-refractivity contribution in [1.29, 1.82) is 0 Å². The van der Waals surface area contributed by atoms with Crippen LogP contribution in [-0.2, 0) is 9.53 Å². The summed E-state index contributed by atoms with van der Waals surface area (Å²) in [6, 6.07) is 23.0. The van der Waals surface area contributed by atoms with Crippen LogP contribution in [0.3, 0.4) is 0 Å². The zero-order valence-electron chi connectivity index (χ0n) is 19.2. The zero-order valence-corrected chi connectivity index (χ0v) is 19.2. The molecule has 0 aliphatic rings. The summed E-state index contributed by atoms with van der Waals surface area (Å²) in [5.41, 5.74) is 3.16. The number of hydrogen-bond donors (Lipinski definition) is 3. The molecule has 3 amide bonds. The fraction of sp³-hybridized carbons (Fsp3) is 0.192. The van der Waals surface area contributed by atoms with E-state index in [2.05, 4.69) is 16.0 Å². The number of amides is 3. The van der Waals surface area contributed by atoms with E-state index in [1.807, 2.05) is 30.3 Å². The molecule has 34 heavy (non-hydrogen) atoms. The Morgan fingerprint density at radius 2 is 1.44 bits per heavy atom. The first kappa shape index (κ1) is 24.5. The van der Waals surface area contributed by atoms with E-state index in [4.69, 9.17) is 4.74 Å². The fourth-order valence-corrected chi connectivity index (χ4v) is 3.15. The van der Waals surface area contributed by atoms with E-state index < -0.39 is 0 Å². The van der Waals surface area contributed by atoms with Crippen molar-refractivity contribution >= 4 is 34.8 Å². The summed E-state index contributed by atoms with van der Waals surface area (Å²) in [5.74, 6) is -0.554. The highest BCUT2D eigenvalue weighted by Crippen LogP contribution is 2.17. The van der Waals surface area contributed by atoms with E-state index in [-0.39, 0.29) is 24.3 Å². The topological polar surface area (TPSA) is 99.8 Å². The second kappa shape index (κ2) is 12.2.